The summed E-state index contributed by atoms with van der Waals surface area (Å²) in [6.45, 7) is 2.52. The fourth-order valence-corrected chi connectivity index (χ4v) is 2.62. The van der Waals surface area contributed by atoms with Gasteiger partial charge in [0.15, 0.2) is 11.5 Å². The number of hydrogen-bond acceptors (Lipinski definition) is 4. The lowest BCUT2D eigenvalue weighted by atomic mass is 10.1. The van der Waals surface area contributed by atoms with Gasteiger partial charge in [0.1, 0.15) is 6.10 Å². The third-order valence-corrected chi connectivity index (χ3v) is 3.50. The molecule has 1 aromatic carbocycles. The summed E-state index contributed by atoms with van der Waals surface area (Å²) in [4.78, 5) is 2.22. The maximum absolute atomic E-state index is 6.04. The Balaban J connectivity index is 2.23. The van der Waals surface area contributed by atoms with Crippen LogP contribution in [0.4, 0.5) is 0 Å². The molecular formula is C13H19BrN2O2. The van der Waals surface area contributed by atoms with E-state index in [1.165, 1.54) is 0 Å². The van der Waals surface area contributed by atoms with Gasteiger partial charge >= 0.3 is 0 Å². The monoisotopic (exact) mass is 314 g/mol. The van der Waals surface area contributed by atoms with Gasteiger partial charge in [0.05, 0.1) is 7.11 Å². The van der Waals surface area contributed by atoms with Crippen LogP contribution in [0.15, 0.2) is 16.6 Å². The molecule has 1 fully saturated rings. The zero-order valence-corrected chi connectivity index (χ0v) is 12.4. The Kier molecular flexibility index (Phi) is 4.48. The number of likely N-dealkylation sites (N-methyl/N-ethyl adjacent to an activating group) is 1. The van der Waals surface area contributed by atoms with E-state index in [9.17, 15) is 0 Å². The molecule has 1 heterocycles. The third-order valence-electron chi connectivity index (χ3n) is 3.05. The number of rotatable bonds is 5. The number of ether oxygens (including phenoxy) is 2. The van der Waals surface area contributed by atoms with Crippen molar-refractivity contribution in [2.24, 2.45) is 5.73 Å². The summed E-state index contributed by atoms with van der Waals surface area (Å²) in [5.41, 5.74) is 6.75. The highest BCUT2D eigenvalue weighted by atomic mass is 79.9. The van der Waals surface area contributed by atoms with E-state index in [4.69, 9.17) is 15.2 Å². The Labute approximate surface area is 116 Å². The van der Waals surface area contributed by atoms with Crippen LogP contribution in [0.5, 0.6) is 11.5 Å². The number of hydrogen-bond donors (Lipinski definition) is 1. The maximum atomic E-state index is 6.04. The van der Waals surface area contributed by atoms with Crippen LogP contribution in [0.2, 0.25) is 0 Å². The number of nitrogens with two attached hydrogens (primary N) is 1. The molecule has 0 saturated carbocycles. The van der Waals surface area contributed by atoms with Crippen LogP contribution < -0.4 is 15.2 Å². The molecule has 0 aliphatic carbocycles. The topological polar surface area (TPSA) is 47.7 Å². The Morgan fingerprint density at radius 1 is 1.44 bits per heavy atom. The van der Waals surface area contributed by atoms with Crippen LogP contribution in [0.3, 0.4) is 0 Å². The largest absolute Gasteiger partial charge is 0.493 e. The third kappa shape index (κ3) is 2.96. The van der Waals surface area contributed by atoms with Gasteiger partial charge in [-0.1, -0.05) is 15.9 Å². The van der Waals surface area contributed by atoms with Crippen LogP contribution in [-0.2, 0) is 6.42 Å². The molecule has 0 amide bonds. The molecule has 4 nitrogen and oxygen atoms in total. The zero-order chi connectivity index (χ0) is 13.1. The van der Waals surface area contributed by atoms with Crippen molar-refractivity contribution in [1.82, 2.24) is 4.90 Å². The number of nitrogens with zero attached hydrogens (tertiary/aromatic N) is 1. The van der Waals surface area contributed by atoms with Crippen LogP contribution in [-0.4, -0.2) is 44.8 Å². The molecule has 5 heteroatoms. The molecule has 0 unspecified atom stereocenters. The second kappa shape index (κ2) is 5.91. The second-order valence-electron chi connectivity index (χ2n) is 4.60. The standard InChI is InChI=1S/C13H19BrN2O2/c1-16-7-11(8-16)18-13-9(3-4-15)5-10(14)6-12(13)17-2/h5-6,11H,3-4,7-8,15H2,1-2H3. The Bertz CT molecular complexity index is 420. The first-order chi connectivity index (χ1) is 8.63. The Morgan fingerprint density at radius 2 is 2.17 bits per heavy atom. The average Bonchev–Trinajstić information content (AvgIpc) is 2.30. The molecule has 1 saturated heterocycles. The quantitative estimate of drug-likeness (QED) is 0.898. The van der Waals surface area contributed by atoms with Gasteiger partial charge in [0.2, 0.25) is 0 Å². The van der Waals surface area contributed by atoms with Gasteiger partial charge < -0.3 is 15.2 Å². The highest BCUT2D eigenvalue weighted by Crippen LogP contribution is 2.36. The van der Waals surface area contributed by atoms with Gasteiger partial charge in [-0.3, -0.25) is 4.90 Å². The van der Waals surface area contributed by atoms with E-state index in [1.54, 1.807) is 7.11 Å². The van der Waals surface area contributed by atoms with Crippen molar-refractivity contribution in [2.75, 3.05) is 33.8 Å². The summed E-state index contributed by atoms with van der Waals surface area (Å²) in [7, 11) is 3.74. The van der Waals surface area contributed by atoms with Crippen molar-refractivity contribution in [1.29, 1.82) is 0 Å². The van der Waals surface area contributed by atoms with Gasteiger partial charge in [-0.2, -0.15) is 0 Å². The first-order valence-corrected chi connectivity index (χ1v) is 6.85. The van der Waals surface area contributed by atoms with E-state index in [0.29, 0.717) is 6.54 Å². The van der Waals surface area contributed by atoms with E-state index in [2.05, 4.69) is 27.9 Å². The van der Waals surface area contributed by atoms with Crippen molar-refractivity contribution in [3.8, 4) is 11.5 Å². The Morgan fingerprint density at radius 3 is 2.72 bits per heavy atom. The summed E-state index contributed by atoms with van der Waals surface area (Å²) in [5, 5.41) is 0. The number of methoxy groups -OCH3 is 1. The van der Waals surface area contributed by atoms with E-state index in [1.807, 2.05) is 12.1 Å². The SMILES string of the molecule is COc1cc(Br)cc(CCN)c1OC1CN(C)C1. The minimum atomic E-state index is 0.251. The van der Waals surface area contributed by atoms with Crippen molar-refractivity contribution < 1.29 is 9.47 Å². The predicted octanol–water partition coefficient (Wildman–Crippen LogP) is 1.65. The fourth-order valence-electron chi connectivity index (χ4n) is 2.13. The highest BCUT2D eigenvalue weighted by Gasteiger charge is 2.27. The molecule has 1 aliphatic heterocycles. The van der Waals surface area contributed by atoms with E-state index >= 15 is 0 Å². The molecule has 0 atom stereocenters. The van der Waals surface area contributed by atoms with Gasteiger partial charge in [0, 0.05) is 23.1 Å². The molecule has 1 aliphatic rings. The van der Waals surface area contributed by atoms with Crippen molar-refractivity contribution in [2.45, 2.75) is 12.5 Å². The molecule has 100 valence electrons. The fraction of sp³-hybridized carbons (Fsp3) is 0.538. The van der Waals surface area contributed by atoms with E-state index in [0.717, 1.165) is 41.0 Å². The summed E-state index contributed by atoms with van der Waals surface area (Å²) < 4.78 is 12.4. The smallest absolute Gasteiger partial charge is 0.165 e. The molecule has 18 heavy (non-hydrogen) atoms. The van der Waals surface area contributed by atoms with Crippen LogP contribution in [0.25, 0.3) is 0 Å². The molecule has 2 rings (SSSR count). The molecule has 1 aromatic rings. The summed E-state index contributed by atoms with van der Waals surface area (Å²) in [5.74, 6) is 1.60. The predicted molar refractivity (Wildman–Crippen MR) is 75.4 cm³/mol. The average molecular weight is 315 g/mol. The zero-order valence-electron chi connectivity index (χ0n) is 10.8. The summed E-state index contributed by atoms with van der Waals surface area (Å²) in [6.07, 6.45) is 1.04. The number of likely N-dealkylation sites (tertiary alicyclic amines) is 1. The highest BCUT2D eigenvalue weighted by molar-refractivity contribution is 9.10. The normalized spacial score (nSPS) is 16.4. The first kappa shape index (κ1) is 13.6. The summed E-state index contributed by atoms with van der Waals surface area (Å²) in [6, 6.07) is 3.98. The molecule has 0 radical (unpaired) electrons. The van der Waals surface area contributed by atoms with Crippen molar-refractivity contribution in [3.63, 3.8) is 0 Å². The lowest BCUT2D eigenvalue weighted by Crippen LogP contribution is -2.51. The van der Waals surface area contributed by atoms with Crippen LogP contribution >= 0.6 is 15.9 Å². The van der Waals surface area contributed by atoms with E-state index in [-0.39, 0.29) is 6.10 Å². The molecule has 2 N–H and O–H groups in total. The number of benzene rings is 1. The van der Waals surface area contributed by atoms with Gasteiger partial charge in [-0.25, -0.2) is 0 Å². The van der Waals surface area contributed by atoms with Crippen molar-refractivity contribution >= 4 is 15.9 Å². The second-order valence-corrected chi connectivity index (χ2v) is 5.51. The molecular weight excluding hydrogens is 296 g/mol. The molecule has 0 aromatic heterocycles. The molecule has 0 spiro atoms. The number of halogens is 1. The summed E-state index contributed by atoms with van der Waals surface area (Å²) >= 11 is 3.48. The minimum Gasteiger partial charge on any atom is -0.493 e. The van der Waals surface area contributed by atoms with E-state index < -0.39 is 0 Å². The van der Waals surface area contributed by atoms with Gasteiger partial charge in [0.25, 0.3) is 0 Å². The Hall–Kier alpha value is -0.780. The van der Waals surface area contributed by atoms with Gasteiger partial charge in [-0.05, 0) is 32.1 Å². The van der Waals surface area contributed by atoms with Crippen LogP contribution in [0, 0.1) is 0 Å². The van der Waals surface area contributed by atoms with Crippen molar-refractivity contribution in [3.05, 3.63) is 22.2 Å². The lowest BCUT2D eigenvalue weighted by molar-refractivity contribution is 0.0362. The van der Waals surface area contributed by atoms with Crippen LogP contribution in [0.1, 0.15) is 5.56 Å². The van der Waals surface area contributed by atoms with Gasteiger partial charge in [-0.15, -0.1) is 0 Å². The maximum Gasteiger partial charge on any atom is 0.165 e. The lowest BCUT2D eigenvalue weighted by Gasteiger charge is -2.36. The molecule has 0 bridgehead atoms. The minimum absolute atomic E-state index is 0.251. The first-order valence-electron chi connectivity index (χ1n) is 6.05.